The number of nitrogens with zero attached hydrogens (tertiary/aromatic N) is 3. The Kier molecular flexibility index (Phi) is 2.82. The van der Waals surface area contributed by atoms with Crippen LogP contribution in [0.5, 0.6) is 11.5 Å². The van der Waals surface area contributed by atoms with Crippen molar-refractivity contribution in [2.75, 3.05) is 5.73 Å². The van der Waals surface area contributed by atoms with Crippen LogP contribution in [0, 0.1) is 13.8 Å². The molecule has 5 nitrogen and oxygen atoms in total. The van der Waals surface area contributed by atoms with E-state index in [4.69, 9.17) is 10.5 Å². The van der Waals surface area contributed by atoms with Crippen molar-refractivity contribution in [3.05, 3.63) is 42.0 Å². The molecule has 0 atom stereocenters. The van der Waals surface area contributed by atoms with Crippen molar-refractivity contribution in [1.82, 2.24) is 14.8 Å². The number of aryl methyl sites for hydroxylation is 2. The molecule has 20 heavy (non-hydrogen) atoms. The third-order valence-corrected chi connectivity index (χ3v) is 3.48. The zero-order valence-electron chi connectivity index (χ0n) is 11.7. The molecule has 0 amide bonds. The Morgan fingerprint density at radius 2 is 2.00 bits per heavy atom. The van der Waals surface area contributed by atoms with Crippen LogP contribution in [0.4, 0.5) is 5.69 Å². The highest BCUT2D eigenvalue weighted by molar-refractivity contribution is 5.95. The van der Waals surface area contributed by atoms with Crippen LogP contribution in [0.15, 0.2) is 30.6 Å². The summed E-state index contributed by atoms with van der Waals surface area (Å²) < 4.78 is 7.77. The number of rotatable bonds is 2. The molecule has 2 aromatic heterocycles. The molecule has 2 heterocycles. The van der Waals surface area contributed by atoms with Gasteiger partial charge in [-0.1, -0.05) is 0 Å². The van der Waals surface area contributed by atoms with Crippen molar-refractivity contribution in [3.8, 4) is 11.5 Å². The normalized spacial score (nSPS) is 10.9. The predicted molar refractivity (Wildman–Crippen MR) is 78.9 cm³/mol. The van der Waals surface area contributed by atoms with Crippen LogP contribution in [0.25, 0.3) is 10.8 Å². The second kappa shape index (κ2) is 4.52. The smallest absolute Gasteiger partial charge is 0.171 e. The van der Waals surface area contributed by atoms with E-state index < -0.39 is 0 Å². The predicted octanol–water partition coefficient (Wildman–Crippen LogP) is 2.96. The number of hydrogen-bond donors (Lipinski definition) is 1. The molecule has 0 spiro atoms. The van der Waals surface area contributed by atoms with Gasteiger partial charge in [0.15, 0.2) is 11.5 Å². The number of pyridine rings is 1. The molecule has 2 N–H and O–H groups in total. The number of aromatic nitrogens is 3. The molecule has 0 fully saturated rings. The highest BCUT2D eigenvalue weighted by Gasteiger charge is 2.14. The zero-order chi connectivity index (χ0) is 14.3. The monoisotopic (exact) mass is 268 g/mol. The molecule has 5 heteroatoms. The molecule has 0 aliphatic rings. The molecular formula is C15H16N4O. The molecule has 3 rings (SSSR count). The van der Waals surface area contributed by atoms with Gasteiger partial charge in [-0.2, -0.15) is 5.10 Å². The Balaban J connectivity index is 2.09. The van der Waals surface area contributed by atoms with E-state index in [2.05, 4.69) is 10.1 Å². The number of ether oxygens (including phenoxy) is 1. The van der Waals surface area contributed by atoms with E-state index in [9.17, 15) is 0 Å². The van der Waals surface area contributed by atoms with Crippen molar-refractivity contribution in [1.29, 1.82) is 0 Å². The quantitative estimate of drug-likeness (QED) is 0.726. The summed E-state index contributed by atoms with van der Waals surface area (Å²) in [4.78, 5) is 4.09. The highest BCUT2D eigenvalue weighted by atomic mass is 16.5. The van der Waals surface area contributed by atoms with Gasteiger partial charge in [0.2, 0.25) is 0 Å². The third-order valence-electron chi connectivity index (χ3n) is 3.48. The summed E-state index contributed by atoms with van der Waals surface area (Å²) >= 11 is 0. The molecule has 0 unspecified atom stereocenters. The van der Waals surface area contributed by atoms with E-state index in [-0.39, 0.29) is 0 Å². The van der Waals surface area contributed by atoms with E-state index in [1.54, 1.807) is 17.1 Å². The maximum atomic E-state index is 6.19. The van der Waals surface area contributed by atoms with Crippen molar-refractivity contribution >= 4 is 16.5 Å². The first kappa shape index (κ1) is 12.5. The largest absolute Gasteiger partial charge is 0.451 e. The number of anilines is 1. The van der Waals surface area contributed by atoms with Gasteiger partial charge in [0.1, 0.15) is 5.69 Å². The van der Waals surface area contributed by atoms with E-state index in [1.165, 1.54) is 0 Å². The number of hydrogen-bond acceptors (Lipinski definition) is 4. The van der Waals surface area contributed by atoms with Gasteiger partial charge in [-0.3, -0.25) is 9.67 Å². The lowest BCUT2D eigenvalue weighted by Gasteiger charge is -2.10. The van der Waals surface area contributed by atoms with E-state index in [0.717, 1.165) is 27.9 Å². The van der Waals surface area contributed by atoms with E-state index >= 15 is 0 Å². The highest BCUT2D eigenvalue weighted by Crippen LogP contribution is 2.35. The lowest BCUT2D eigenvalue weighted by Crippen LogP contribution is -1.96. The second-order valence-electron chi connectivity index (χ2n) is 4.80. The minimum absolute atomic E-state index is 0.618. The summed E-state index contributed by atoms with van der Waals surface area (Å²) in [6.45, 7) is 3.89. The van der Waals surface area contributed by atoms with Crippen molar-refractivity contribution in [2.45, 2.75) is 13.8 Å². The summed E-state index contributed by atoms with van der Waals surface area (Å²) in [5, 5.41) is 6.28. The minimum Gasteiger partial charge on any atom is -0.451 e. The van der Waals surface area contributed by atoms with Crippen LogP contribution in [0.1, 0.15) is 11.4 Å². The first-order valence-electron chi connectivity index (χ1n) is 6.38. The van der Waals surface area contributed by atoms with Gasteiger partial charge in [0, 0.05) is 30.2 Å². The van der Waals surface area contributed by atoms with E-state index in [0.29, 0.717) is 11.4 Å². The SMILES string of the molecule is Cc1nn(C)c(C)c1Oc1ccc2cnccc2c1N. The molecule has 0 aliphatic carbocycles. The van der Waals surface area contributed by atoms with E-state index in [1.807, 2.05) is 39.1 Å². The summed E-state index contributed by atoms with van der Waals surface area (Å²) in [7, 11) is 1.89. The Bertz CT molecular complexity index is 792. The van der Waals surface area contributed by atoms with Gasteiger partial charge in [-0.25, -0.2) is 0 Å². The number of nitrogens with two attached hydrogens (primary N) is 1. The fourth-order valence-electron chi connectivity index (χ4n) is 2.27. The van der Waals surface area contributed by atoms with Crippen molar-refractivity contribution < 1.29 is 4.74 Å². The van der Waals surface area contributed by atoms with Gasteiger partial charge in [-0.15, -0.1) is 0 Å². The standard InChI is InChI=1S/C15H16N4O/c1-9-15(10(2)19(3)18-9)20-13-5-4-11-8-17-7-6-12(11)14(13)16/h4-8H,16H2,1-3H3. The summed E-state index contributed by atoms with van der Waals surface area (Å²) in [6.07, 6.45) is 3.51. The molecule has 102 valence electrons. The molecule has 0 saturated carbocycles. The fourth-order valence-corrected chi connectivity index (χ4v) is 2.27. The number of fused-ring (bicyclic) bond motifs is 1. The summed E-state index contributed by atoms with van der Waals surface area (Å²) in [5.41, 5.74) is 8.63. The van der Waals surface area contributed by atoms with Crippen LogP contribution in [0.3, 0.4) is 0 Å². The van der Waals surface area contributed by atoms with Crippen molar-refractivity contribution in [2.24, 2.45) is 7.05 Å². The van der Waals surface area contributed by atoms with Gasteiger partial charge in [0.05, 0.1) is 11.4 Å². The van der Waals surface area contributed by atoms with Crippen LogP contribution < -0.4 is 10.5 Å². The average Bonchev–Trinajstić information content (AvgIpc) is 2.68. The molecule has 0 radical (unpaired) electrons. The van der Waals surface area contributed by atoms with Crippen LogP contribution in [0.2, 0.25) is 0 Å². The summed E-state index contributed by atoms with van der Waals surface area (Å²) in [5.74, 6) is 1.40. The molecule has 1 aromatic carbocycles. The second-order valence-corrected chi connectivity index (χ2v) is 4.80. The maximum absolute atomic E-state index is 6.19. The third kappa shape index (κ3) is 1.87. The lowest BCUT2D eigenvalue weighted by atomic mass is 10.1. The van der Waals surface area contributed by atoms with Gasteiger partial charge in [-0.05, 0) is 32.0 Å². The molecular weight excluding hydrogens is 252 g/mol. The molecule has 0 aliphatic heterocycles. The number of benzene rings is 1. The first-order chi connectivity index (χ1) is 9.58. The van der Waals surface area contributed by atoms with Gasteiger partial charge >= 0.3 is 0 Å². The maximum Gasteiger partial charge on any atom is 0.171 e. The Morgan fingerprint density at radius 1 is 1.20 bits per heavy atom. The van der Waals surface area contributed by atoms with Gasteiger partial charge in [0.25, 0.3) is 0 Å². The fraction of sp³-hybridized carbons (Fsp3) is 0.200. The molecule has 0 bridgehead atoms. The van der Waals surface area contributed by atoms with Crippen LogP contribution in [-0.4, -0.2) is 14.8 Å². The average molecular weight is 268 g/mol. The zero-order valence-corrected chi connectivity index (χ0v) is 11.7. The van der Waals surface area contributed by atoms with Crippen LogP contribution in [-0.2, 0) is 7.05 Å². The topological polar surface area (TPSA) is 66.0 Å². The Hall–Kier alpha value is -2.56. The molecule has 3 aromatic rings. The Labute approximate surface area is 117 Å². The number of nitrogen functional groups attached to an aromatic ring is 1. The minimum atomic E-state index is 0.618. The lowest BCUT2D eigenvalue weighted by molar-refractivity contribution is 0.477. The van der Waals surface area contributed by atoms with Crippen molar-refractivity contribution in [3.63, 3.8) is 0 Å². The molecule has 0 saturated heterocycles. The van der Waals surface area contributed by atoms with Gasteiger partial charge < -0.3 is 10.5 Å². The Morgan fingerprint density at radius 3 is 2.70 bits per heavy atom. The van der Waals surface area contributed by atoms with Crippen LogP contribution >= 0.6 is 0 Å². The summed E-state index contributed by atoms with van der Waals surface area (Å²) in [6, 6.07) is 5.71. The first-order valence-corrected chi connectivity index (χ1v) is 6.38.